The van der Waals surface area contributed by atoms with Crippen LogP contribution in [-0.2, 0) is 14.8 Å². The lowest BCUT2D eigenvalue weighted by Gasteiger charge is -2.45. The third-order valence-corrected chi connectivity index (χ3v) is 8.57. The van der Waals surface area contributed by atoms with E-state index in [2.05, 4.69) is 0 Å². The van der Waals surface area contributed by atoms with Crippen LogP contribution in [0.15, 0.2) is 53.4 Å². The van der Waals surface area contributed by atoms with Crippen LogP contribution in [0.3, 0.4) is 0 Å². The van der Waals surface area contributed by atoms with E-state index in [1.165, 1.54) is 4.31 Å². The maximum absolute atomic E-state index is 13.4. The highest BCUT2D eigenvalue weighted by Crippen LogP contribution is 2.42. The number of fused-ring (bicyclic) bond motifs is 1. The van der Waals surface area contributed by atoms with Crippen LogP contribution in [0.4, 0.5) is 0 Å². The molecule has 1 saturated heterocycles. The van der Waals surface area contributed by atoms with Gasteiger partial charge in [0.15, 0.2) is 0 Å². The molecule has 2 fully saturated rings. The van der Waals surface area contributed by atoms with Crippen molar-refractivity contribution in [1.29, 1.82) is 0 Å². The number of hydrogen-bond donors (Lipinski definition) is 2. The van der Waals surface area contributed by atoms with Gasteiger partial charge in [-0.3, -0.25) is 10.0 Å². The number of piperidine rings is 1. The number of rotatable bonds is 4. The molecule has 2 aromatic rings. The molecule has 30 heavy (non-hydrogen) atoms. The Bertz CT molecular complexity index is 1010. The van der Waals surface area contributed by atoms with Crippen molar-refractivity contribution >= 4 is 27.5 Å². The fourth-order valence-electron chi connectivity index (χ4n) is 4.91. The largest absolute Gasteiger partial charge is 0.289 e. The van der Waals surface area contributed by atoms with Gasteiger partial charge in [0, 0.05) is 11.6 Å². The van der Waals surface area contributed by atoms with Crippen molar-refractivity contribution in [2.45, 2.75) is 43.0 Å². The fraction of sp³-hybridized carbons (Fsp3) is 0.409. The minimum atomic E-state index is -3.88. The molecule has 6 nitrogen and oxygen atoms in total. The number of sulfonamides is 1. The maximum atomic E-state index is 13.4. The molecule has 8 heteroatoms. The Morgan fingerprint density at radius 3 is 2.20 bits per heavy atom. The molecule has 1 amide bonds. The minimum absolute atomic E-state index is 0.0669. The summed E-state index contributed by atoms with van der Waals surface area (Å²) in [5.41, 5.74) is 3.51. The van der Waals surface area contributed by atoms with E-state index in [1.807, 2.05) is 12.1 Å². The molecule has 4 rings (SSSR count). The average Bonchev–Trinajstić information content (AvgIpc) is 2.78. The lowest BCUT2D eigenvalue weighted by atomic mass is 9.71. The minimum Gasteiger partial charge on any atom is -0.289 e. The highest BCUT2D eigenvalue weighted by Gasteiger charge is 2.47. The molecule has 0 bridgehead atoms. The predicted molar refractivity (Wildman–Crippen MR) is 115 cm³/mol. The molecule has 0 spiro atoms. The first-order valence-electron chi connectivity index (χ1n) is 10.2. The number of benzene rings is 2. The second kappa shape index (κ2) is 8.67. The number of hydrogen-bond acceptors (Lipinski definition) is 4. The quantitative estimate of drug-likeness (QED) is 0.545. The number of halogens is 1. The summed E-state index contributed by atoms with van der Waals surface area (Å²) in [5.74, 6) is -0.393. The first kappa shape index (κ1) is 21.3. The van der Waals surface area contributed by atoms with E-state index in [4.69, 9.17) is 11.6 Å². The zero-order valence-electron chi connectivity index (χ0n) is 16.5. The Kier molecular flexibility index (Phi) is 6.16. The van der Waals surface area contributed by atoms with Crippen LogP contribution in [0.5, 0.6) is 0 Å². The molecule has 160 valence electrons. The highest BCUT2D eigenvalue weighted by molar-refractivity contribution is 7.89. The number of nitrogens with zero attached hydrogens (tertiary/aromatic N) is 1. The first-order valence-corrected chi connectivity index (χ1v) is 12.1. The summed E-state index contributed by atoms with van der Waals surface area (Å²) >= 11 is 5.93. The molecule has 1 saturated carbocycles. The maximum Gasteiger partial charge on any atom is 0.262 e. The third kappa shape index (κ3) is 3.99. The number of amides is 1. The van der Waals surface area contributed by atoms with Gasteiger partial charge in [0.2, 0.25) is 10.0 Å². The van der Waals surface area contributed by atoms with Gasteiger partial charge in [-0.2, -0.15) is 4.31 Å². The van der Waals surface area contributed by atoms with Crippen molar-refractivity contribution in [3.05, 3.63) is 53.6 Å². The van der Waals surface area contributed by atoms with Gasteiger partial charge in [-0.1, -0.05) is 55.1 Å². The normalized spacial score (nSPS) is 24.8. The second-order valence-electron chi connectivity index (χ2n) is 8.06. The Hall–Kier alpha value is -1.93. The molecule has 2 aromatic carbocycles. The van der Waals surface area contributed by atoms with E-state index < -0.39 is 22.0 Å². The van der Waals surface area contributed by atoms with Crippen LogP contribution in [0.25, 0.3) is 11.1 Å². The molecule has 1 aliphatic heterocycles. The highest BCUT2D eigenvalue weighted by atomic mass is 35.5. The standard InChI is InChI=1S/C22H25ClN2O4S/c23-18-9-5-15(6-10-18)16-7-11-19(12-8-16)30(28,29)25-14-13-17-3-1-2-4-20(17)21(25)22(26)24-27/h5-12,17,20-21,27H,1-4,13-14H2,(H,24,26)/t17-,20-,21+/m1/s1. The summed E-state index contributed by atoms with van der Waals surface area (Å²) in [4.78, 5) is 12.6. The topological polar surface area (TPSA) is 86.7 Å². The molecule has 2 N–H and O–H groups in total. The van der Waals surface area contributed by atoms with Crippen molar-refractivity contribution in [1.82, 2.24) is 9.79 Å². The monoisotopic (exact) mass is 448 g/mol. The first-order chi connectivity index (χ1) is 14.4. The molecule has 1 aliphatic carbocycles. The lowest BCUT2D eigenvalue weighted by Crippen LogP contribution is -2.58. The summed E-state index contributed by atoms with van der Waals surface area (Å²) in [6, 6.07) is 13.1. The van der Waals surface area contributed by atoms with Crippen LogP contribution in [-0.4, -0.2) is 36.4 Å². The van der Waals surface area contributed by atoms with Crippen LogP contribution in [0.1, 0.15) is 32.1 Å². The summed E-state index contributed by atoms with van der Waals surface area (Å²) in [7, 11) is -3.88. The number of carbonyl (C=O) groups is 1. The molecule has 0 aromatic heterocycles. The van der Waals surface area contributed by atoms with Crippen LogP contribution in [0, 0.1) is 11.8 Å². The van der Waals surface area contributed by atoms with Gasteiger partial charge in [-0.05, 0) is 60.1 Å². The van der Waals surface area contributed by atoms with Gasteiger partial charge in [0.25, 0.3) is 5.91 Å². The summed E-state index contributed by atoms with van der Waals surface area (Å²) in [6.07, 6.45) is 4.61. The van der Waals surface area contributed by atoms with Gasteiger partial charge in [-0.25, -0.2) is 13.9 Å². The Labute approximate surface area is 181 Å². The molecule has 1 heterocycles. The van der Waals surface area contributed by atoms with Crippen molar-refractivity contribution < 1.29 is 18.4 Å². The van der Waals surface area contributed by atoms with Crippen LogP contribution >= 0.6 is 11.6 Å². The van der Waals surface area contributed by atoms with E-state index in [9.17, 15) is 18.4 Å². The molecule has 3 atom stereocenters. The fourth-order valence-corrected chi connectivity index (χ4v) is 6.69. The zero-order chi connectivity index (χ0) is 21.3. The van der Waals surface area contributed by atoms with Gasteiger partial charge in [0.1, 0.15) is 6.04 Å². The number of nitrogens with one attached hydrogen (secondary N) is 1. The smallest absolute Gasteiger partial charge is 0.262 e. The molecular formula is C22H25ClN2O4S. The van der Waals surface area contributed by atoms with Crippen molar-refractivity contribution in [2.24, 2.45) is 11.8 Å². The lowest BCUT2D eigenvalue weighted by molar-refractivity contribution is -0.138. The third-order valence-electron chi connectivity index (χ3n) is 6.42. The van der Waals surface area contributed by atoms with E-state index in [0.29, 0.717) is 10.9 Å². The van der Waals surface area contributed by atoms with E-state index in [0.717, 1.165) is 43.2 Å². The van der Waals surface area contributed by atoms with Gasteiger partial charge >= 0.3 is 0 Å². The van der Waals surface area contributed by atoms with E-state index in [-0.39, 0.29) is 17.4 Å². The molecule has 2 aliphatic rings. The van der Waals surface area contributed by atoms with E-state index >= 15 is 0 Å². The van der Waals surface area contributed by atoms with Crippen molar-refractivity contribution in [2.75, 3.05) is 6.54 Å². The second-order valence-corrected chi connectivity index (χ2v) is 10.4. The predicted octanol–water partition coefficient (Wildman–Crippen LogP) is 4.08. The molecular weight excluding hydrogens is 424 g/mol. The van der Waals surface area contributed by atoms with Gasteiger partial charge in [0.05, 0.1) is 4.90 Å². The van der Waals surface area contributed by atoms with Crippen molar-refractivity contribution in [3.8, 4) is 11.1 Å². The summed E-state index contributed by atoms with van der Waals surface area (Å²) in [5, 5.41) is 9.92. The van der Waals surface area contributed by atoms with Crippen LogP contribution < -0.4 is 5.48 Å². The zero-order valence-corrected chi connectivity index (χ0v) is 18.1. The summed E-state index contributed by atoms with van der Waals surface area (Å²) < 4.78 is 28.1. The molecule has 0 radical (unpaired) electrons. The Morgan fingerprint density at radius 2 is 1.57 bits per heavy atom. The number of carbonyl (C=O) groups excluding carboxylic acids is 1. The van der Waals surface area contributed by atoms with E-state index in [1.54, 1.807) is 41.9 Å². The van der Waals surface area contributed by atoms with Gasteiger partial charge < -0.3 is 0 Å². The SMILES string of the molecule is O=C(NO)[C@@H]1[C@@H]2CCCC[C@@H]2CCN1S(=O)(=O)c1ccc(-c2ccc(Cl)cc2)cc1. The van der Waals surface area contributed by atoms with Crippen molar-refractivity contribution in [3.63, 3.8) is 0 Å². The van der Waals surface area contributed by atoms with Crippen LogP contribution in [0.2, 0.25) is 5.02 Å². The average molecular weight is 449 g/mol. The Morgan fingerprint density at radius 1 is 0.967 bits per heavy atom. The summed E-state index contributed by atoms with van der Waals surface area (Å²) in [6.45, 7) is 0.278. The number of hydroxylamine groups is 1. The Balaban J connectivity index is 1.64. The molecule has 0 unspecified atom stereocenters. The van der Waals surface area contributed by atoms with Gasteiger partial charge in [-0.15, -0.1) is 0 Å².